The number of fused-ring (bicyclic) bond motifs is 1. The molecule has 0 spiro atoms. The van der Waals surface area contributed by atoms with Crippen molar-refractivity contribution in [3.63, 3.8) is 0 Å². The summed E-state index contributed by atoms with van der Waals surface area (Å²) < 4.78 is 11.0. The monoisotopic (exact) mass is 226 g/mol. The molecule has 0 fully saturated rings. The Kier molecular flexibility index (Phi) is 2.46. The molecular weight excluding hydrogens is 216 g/mol. The number of nitrogens with zero attached hydrogens (tertiary/aromatic N) is 2. The molecule has 0 atom stereocenters. The Balaban J connectivity index is 1.77. The third kappa shape index (κ3) is 2.10. The van der Waals surface area contributed by atoms with E-state index in [1.165, 1.54) is 0 Å². The van der Waals surface area contributed by atoms with Crippen LogP contribution in [-0.4, -0.2) is 9.97 Å². The van der Waals surface area contributed by atoms with Crippen LogP contribution in [0.4, 0.5) is 0 Å². The molecule has 1 aromatic carbocycles. The smallest absolute Gasteiger partial charge is 0.247 e. The molecule has 0 bridgehead atoms. The Hall–Kier alpha value is -2.36. The first-order chi connectivity index (χ1) is 8.42. The van der Waals surface area contributed by atoms with Gasteiger partial charge in [-0.3, -0.25) is 0 Å². The van der Waals surface area contributed by atoms with Crippen LogP contribution in [-0.2, 0) is 6.61 Å². The molecule has 0 unspecified atom stereocenters. The molecule has 0 saturated carbocycles. The maximum atomic E-state index is 5.54. The third-order valence-corrected chi connectivity index (χ3v) is 2.32. The van der Waals surface area contributed by atoms with Crippen LogP contribution in [0.1, 0.15) is 5.89 Å². The first-order valence-corrected chi connectivity index (χ1v) is 5.30. The first kappa shape index (κ1) is 9.84. The Morgan fingerprint density at radius 2 is 1.94 bits per heavy atom. The molecule has 84 valence electrons. The van der Waals surface area contributed by atoms with Crippen LogP contribution in [0.2, 0.25) is 0 Å². The number of oxazole rings is 1. The summed E-state index contributed by atoms with van der Waals surface area (Å²) in [6.45, 7) is 0.306. The summed E-state index contributed by atoms with van der Waals surface area (Å²) in [6.07, 6.45) is 1.68. The average Bonchev–Trinajstić information content (AvgIpc) is 2.80. The molecule has 2 aromatic heterocycles. The van der Waals surface area contributed by atoms with Gasteiger partial charge in [0, 0.05) is 6.20 Å². The van der Waals surface area contributed by atoms with Crippen LogP contribution in [0.5, 0.6) is 5.75 Å². The second kappa shape index (κ2) is 4.25. The first-order valence-electron chi connectivity index (χ1n) is 5.30. The Bertz CT molecular complexity index is 586. The standard InChI is InChI=1S/C13H10N2O2/c1-2-5-10(6-3-1)16-9-12-15-11-7-4-8-14-13(11)17-12/h1-8H,9H2. The van der Waals surface area contributed by atoms with Crippen molar-refractivity contribution in [2.45, 2.75) is 6.61 Å². The van der Waals surface area contributed by atoms with Crippen molar-refractivity contribution in [3.05, 3.63) is 54.6 Å². The van der Waals surface area contributed by atoms with Gasteiger partial charge in [0.1, 0.15) is 11.3 Å². The highest BCUT2D eigenvalue weighted by atomic mass is 16.5. The summed E-state index contributed by atoms with van der Waals surface area (Å²) in [6, 6.07) is 13.2. The van der Waals surface area contributed by atoms with E-state index >= 15 is 0 Å². The molecule has 0 radical (unpaired) electrons. The van der Waals surface area contributed by atoms with E-state index in [1.54, 1.807) is 6.20 Å². The molecule has 0 amide bonds. The fraction of sp³-hybridized carbons (Fsp3) is 0.0769. The van der Waals surface area contributed by atoms with Gasteiger partial charge in [-0.2, -0.15) is 0 Å². The number of ether oxygens (including phenoxy) is 1. The third-order valence-electron chi connectivity index (χ3n) is 2.32. The quantitative estimate of drug-likeness (QED) is 0.689. The number of hydrogen-bond acceptors (Lipinski definition) is 4. The zero-order valence-corrected chi connectivity index (χ0v) is 9.04. The number of hydrogen-bond donors (Lipinski definition) is 0. The van der Waals surface area contributed by atoms with Crippen molar-refractivity contribution < 1.29 is 9.15 Å². The minimum absolute atomic E-state index is 0.306. The zero-order chi connectivity index (χ0) is 11.5. The van der Waals surface area contributed by atoms with E-state index < -0.39 is 0 Å². The second-order valence-corrected chi connectivity index (χ2v) is 3.54. The van der Waals surface area contributed by atoms with Crippen molar-refractivity contribution in [1.82, 2.24) is 9.97 Å². The van der Waals surface area contributed by atoms with Crippen molar-refractivity contribution in [3.8, 4) is 5.75 Å². The fourth-order valence-corrected chi connectivity index (χ4v) is 1.54. The van der Waals surface area contributed by atoms with Crippen molar-refractivity contribution in [2.24, 2.45) is 0 Å². The molecule has 0 N–H and O–H groups in total. The molecule has 2 heterocycles. The second-order valence-electron chi connectivity index (χ2n) is 3.54. The largest absolute Gasteiger partial charge is 0.484 e. The Labute approximate surface area is 97.9 Å². The van der Waals surface area contributed by atoms with Crippen molar-refractivity contribution >= 4 is 11.2 Å². The molecule has 0 aliphatic rings. The van der Waals surface area contributed by atoms with Gasteiger partial charge in [0.25, 0.3) is 0 Å². The molecule has 4 nitrogen and oxygen atoms in total. The molecule has 0 aliphatic carbocycles. The number of aromatic nitrogens is 2. The van der Waals surface area contributed by atoms with Gasteiger partial charge < -0.3 is 9.15 Å². The fourth-order valence-electron chi connectivity index (χ4n) is 1.54. The lowest BCUT2D eigenvalue weighted by Gasteiger charge is -2.01. The minimum Gasteiger partial charge on any atom is -0.484 e. The normalized spacial score (nSPS) is 10.6. The highest BCUT2D eigenvalue weighted by Gasteiger charge is 2.06. The number of para-hydroxylation sites is 1. The van der Waals surface area contributed by atoms with E-state index in [1.807, 2.05) is 42.5 Å². The number of rotatable bonds is 3. The number of benzene rings is 1. The Morgan fingerprint density at radius 1 is 1.06 bits per heavy atom. The van der Waals surface area contributed by atoms with Crippen molar-refractivity contribution in [1.29, 1.82) is 0 Å². The van der Waals surface area contributed by atoms with Gasteiger partial charge >= 0.3 is 0 Å². The maximum absolute atomic E-state index is 5.54. The summed E-state index contributed by atoms with van der Waals surface area (Å²) in [5.41, 5.74) is 1.29. The predicted molar refractivity (Wildman–Crippen MR) is 62.6 cm³/mol. The SMILES string of the molecule is c1ccc(OCc2nc3cccnc3o2)cc1. The van der Waals surface area contributed by atoms with Crippen molar-refractivity contribution in [2.75, 3.05) is 0 Å². The number of pyridine rings is 1. The topological polar surface area (TPSA) is 48.2 Å². The van der Waals surface area contributed by atoms with Gasteiger partial charge in [0.15, 0.2) is 6.61 Å². The zero-order valence-electron chi connectivity index (χ0n) is 9.04. The highest BCUT2D eigenvalue weighted by Crippen LogP contribution is 2.15. The van der Waals surface area contributed by atoms with Crippen LogP contribution in [0.15, 0.2) is 53.1 Å². The molecule has 3 rings (SSSR count). The van der Waals surface area contributed by atoms with Crippen LogP contribution >= 0.6 is 0 Å². The summed E-state index contributed by atoms with van der Waals surface area (Å²) in [7, 11) is 0. The lowest BCUT2D eigenvalue weighted by molar-refractivity contribution is 0.266. The van der Waals surface area contributed by atoms with Gasteiger partial charge in [0.2, 0.25) is 11.6 Å². The molecule has 0 saturated heterocycles. The van der Waals surface area contributed by atoms with Crippen LogP contribution < -0.4 is 4.74 Å². The highest BCUT2D eigenvalue weighted by molar-refractivity contribution is 5.67. The summed E-state index contributed by atoms with van der Waals surface area (Å²) in [5.74, 6) is 1.32. The van der Waals surface area contributed by atoms with E-state index in [9.17, 15) is 0 Å². The van der Waals surface area contributed by atoms with Gasteiger partial charge in [-0.05, 0) is 24.3 Å². The van der Waals surface area contributed by atoms with Gasteiger partial charge in [0.05, 0.1) is 0 Å². The van der Waals surface area contributed by atoms with E-state index in [2.05, 4.69) is 9.97 Å². The summed E-state index contributed by atoms with van der Waals surface area (Å²) in [5, 5.41) is 0. The maximum Gasteiger partial charge on any atom is 0.247 e. The lowest BCUT2D eigenvalue weighted by atomic mass is 10.3. The van der Waals surface area contributed by atoms with Gasteiger partial charge in [-0.25, -0.2) is 9.97 Å². The minimum atomic E-state index is 0.306. The molecular formula is C13H10N2O2. The van der Waals surface area contributed by atoms with Gasteiger partial charge in [-0.1, -0.05) is 18.2 Å². The molecule has 17 heavy (non-hydrogen) atoms. The van der Waals surface area contributed by atoms with E-state index in [-0.39, 0.29) is 0 Å². The molecule has 4 heteroatoms. The summed E-state index contributed by atoms with van der Waals surface area (Å²) in [4.78, 5) is 8.35. The van der Waals surface area contributed by atoms with Crippen LogP contribution in [0.25, 0.3) is 11.2 Å². The molecule has 0 aliphatic heterocycles. The average molecular weight is 226 g/mol. The Morgan fingerprint density at radius 3 is 2.76 bits per heavy atom. The van der Waals surface area contributed by atoms with Crippen LogP contribution in [0.3, 0.4) is 0 Å². The predicted octanol–water partition coefficient (Wildman–Crippen LogP) is 2.80. The summed E-state index contributed by atoms with van der Waals surface area (Å²) >= 11 is 0. The van der Waals surface area contributed by atoms with E-state index in [0.717, 1.165) is 11.3 Å². The molecule has 3 aromatic rings. The van der Waals surface area contributed by atoms with E-state index in [4.69, 9.17) is 9.15 Å². The van der Waals surface area contributed by atoms with E-state index in [0.29, 0.717) is 18.2 Å². The van der Waals surface area contributed by atoms with Crippen LogP contribution in [0, 0.1) is 0 Å². The van der Waals surface area contributed by atoms with Gasteiger partial charge in [-0.15, -0.1) is 0 Å². The lowest BCUT2D eigenvalue weighted by Crippen LogP contribution is -1.94.